The Morgan fingerprint density at radius 2 is 2.10 bits per heavy atom. The third kappa shape index (κ3) is 2.96. The number of nitrogens with two attached hydrogens (primary N) is 1. The molecule has 0 saturated carbocycles. The van der Waals surface area contributed by atoms with Crippen molar-refractivity contribution in [3.05, 3.63) is 51.2 Å². The van der Waals surface area contributed by atoms with Crippen LogP contribution in [0.25, 0.3) is 0 Å². The molecule has 106 valence electrons. The van der Waals surface area contributed by atoms with E-state index in [1.807, 2.05) is 18.4 Å². The first-order chi connectivity index (χ1) is 9.52. The third-order valence-electron chi connectivity index (χ3n) is 2.96. The Kier molecular flexibility index (Phi) is 4.34. The van der Waals surface area contributed by atoms with Gasteiger partial charge in [-0.25, -0.2) is 8.78 Å². The van der Waals surface area contributed by atoms with Gasteiger partial charge in [-0.1, -0.05) is 6.92 Å². The lowest BCUT2D eigenvalue weighted by Crippen LogP contribution is -2.24. The van der Waals surface area contributed by atoms with Gasteiger partial charge in [0, 0.05) is 10.9 Å². The molecule has 1 aromatic heterocycles. The monoisotopic (exact) mass is 296 g/mol. The molecule has 1 amide bonds. The number of hydrogen-bond donors (Lipinski definition) is 2. The van der Waals surface area contributed by atoms with Crippen molar-refractivity contribution in [1.29, 1.82) is 0 Å². The lowest BCUT2D eigenvalue weighted by molar-refractivity contribution is 0.0947. The predicted molar refractivity (Wildman–Crippen MR) is 75.6 cm³/mol. The Balaban J connectivity index is 2.11. The fraction of sp³-hybridized carbons (Fsp3) is 0.214. The topological polar surface area (TPSA) is 55.1 Å². The smallest absolute Gasteiger partial charge is 0.254 e. The average Bonchev–Trinajstić information content (AvgIpc) is 2.87. The van der Waals surface area contributed by atoms with Gasteiger partial charge in [-0.05, 0) is 29.5 Å². The van der Waals surface area contributed by atoms with E-state index in [0.29, 0.717) is 12.6 Å². The van der Waals surface area contributed by atoms with Crippen LogP contribution in [0.3, 0.4) is 0 Å². The molecule has 2 aromatic rings. The van der Waals surface area contributed by atoms with Crippen molar-refractivity contribution in [3.8, 4) is 0 Å². The number of benzene rings is 1. The molecule has 3 nitrogen and oxygen atoms in total. The van der Waals surface area contributed by atoms with Crippen LogP contribution in [0, 0.1) is 11.6 Å². The van der Waals surface area contributed by atoms with Crippen molar-refractivity contribution in [2.45, 2.75) is 19.9 Å². The van der Waals surface area contributed by atoms with Gasteiger partial charge in [0.05, 0.1) is 17.8 Å². The van der Waals surface area contributed by atoms with Crippen LogP contribution in [0.1, 0.15) is 27.7 Å². The Labute approximate surface area is 119 Å². The summed E-state index contributed by atoms with van der Waals surface area (Å²) in [6, 6.07) is 3.62. The summed E-state index contributed by atoms with van der Waals surface area (Å²) in [7, 11) is 0. The van der Waals surface area contributed by atoms with Crippen LogP contribution in [0.2, 0.25) is 0 Å². The number of halogens is 2. The second-order valence-corrected chi connectivity index (χ2v) is 5.26. The van der Waals surface area contributed by atoms with E-state index in [1.165, 1.54) is 11.3 Å². The first kappa shape index (κ1) is 14.5. The summed E-state index contributed by atoms with van der Waals surface area (Å²) in [5.74, 6) is -2.40. The van der Waals surface area contributed by atoms with Gasteiger partial charge in [0.2, 0.25) is 0 Å². The molecule has 0 aliphatic heterocycles. The predicted octanol–water partition coefficient (Wildman–Crippen LogP) is 3.10. The molecule has 0 unspecified atom stereocenters. The fourth-order valence-corrected chi connectivity index (χ4v) is 2.75. The van der Waals surface area contributed by atoms with Crippen LogP contribution in [0.15, 0.2) is 23.6 Å². The van der Waals surface area contributed by atoms with Crippen molar-refractivity contribution in [2.24, 2.45) is 0 Å². The van der Waals surface area contributed by atoms with Crippen molar-refractivity contribution < 1.29 is 13.6 Å². The zero-order valence-corrected chi connectivity index (χ0v) is 11.7. The molecule has 2 rings (SSSR count). The van der Waals surface area contributed by atoms with Gasteiger partial charge in [-0.2, -0.15) is 0 Å². The summed E-state index contributed by atoms with van der Waals surface area (Å²) in [5.41, 5.74) is 5.99. The number of rotatable bonds is 4. The van der Waals surface area contributed by atoms with Crippen molar-refractivity contribution >= 4 is 22.9 Å². The molecule has 0 saturated heterocycles. The largest absolute Gasteiger partial charge is 0.396 e. The summed E-state index contributed by atoms with van der Waals surface area (Å²) in [6.45, 7) is 2.34. The standard InChI is InChI=1S/C14H14F2N2OS/c1-2-8-3-4-20-13(8)7-18-14(19)9-5-12(17)11(16)6-10(9)15/h3-6H,2,7,17H2,1H3,(H,18,19). The molecule has 0 spiro atoms. The van der Waals surface area contributed by atoms with E-state index in [9.17, 15) is 13.6 Å². The van der Waals surface area contributed by atoms with E-state index in [-0.39, 0.29) is 11.3 Å². The van der Waals surface area contributed by atoms with Gasteiger partial charge in [-0.15, -0.1) is 11.3 Å². The van der Waals surface area contributed by atoms with Crippen LogP contribution >= 0.6 is 11.3 Å². The first-order valence-electron chi connectivity index (χ1n) is 6.11. The van der Waals surface area contributed by atoms with E-state index in [2.05, 4.69) is 5.32 Å². The number of amides is 1. The van der Waals surface area contributed by atoms with E-state index >= 15 is 0 Å². The molecule has 0 fully saturated rings. The maximum absolute atomic E-state index is 13.5. The highest BCUT2D eigenvalue weighted by atomic mass is 32.1. The highest BCUT2D eigenvalue weighted by molar-refractivity contribution is 7.10. The Bertz CT molecular complexity index is 640. The zero-order valence-electron chi connectivity index (χ0n) is 10.9. The van der Waals surface area contributed by atoms with E-state index in [0.717, 1.165) is 22.9 Å². The molecule has 0 radical (unpaired) electrons. The minimum Gasteiger partial charge on any atom is -0.396 e. The molecule has 1 aromatic carbocycles. The molecule has 0 aliphatic carbocycles. The molecule has 6 heteroatoms. The van der Waals surface area contributed by atoms with Gasteiger partial charge in [0.15, 0.2) is 0 Å². The van der Waals surface area contributed by atoms with Crippen LogP contribution < -0.4 is 11.1 Å². The van der Waals surface area contributed by atoms with E-state index in [4.69, 9.17) is 5.73 Å². The number of aryl methyl sites for hydroxylation is 1. The fourth-order valence-electron chi connectivity index (χ4n) is 1.83. The zero-order chi connectivity index (χ0) is 14.7. The molecule has 0 atom stereocenters. The maximum Gasteiger partial charge on any atom is 0.254 e. The van der Waals surface area contributed by atoms with Gasteiger partial charge < -0.3 is 11.1 Å². The lowest BCUT2D eigenvalue weighted by Gasteiger charge is -2.07. The average molecular weight is 296 g/mol. The Hall–Kier alpha value is -1.95. The molecule has 20 heavy (non-hydrogen) atoms. The second kappa shape index (κ2) is 6.00. The van der Waals surface area contributed by atoms with Gasteiger partial charge >= 0.3 is 0 Å². The molecule has 1 heterocycles. The first-order valence-corrected chi connectivity index (χ1v) is 6.98. The van der Waals surface area contributed by atoms with Crippen molar-refractivity contribution in [2.75, 3.05) is 5.73 Å². The highest BCUT2D eigenvalue weighted by Crippen LogP contribution is 2.19. The number of carbonyl (C=O) groups excluding carboxylic acids is 1. The van der Waals surface area contributed by atoms with Gasteiger partial charge in [-0.3, -0.25) is 4.79 Å². The number of hydrogen-bond acceptors (Lipinski definition) is 3. The van der Waals surface area contributed by atoms with E-state index in [1.54, 1.807) is 0 Å². The second-order valence-electron chi connectivity index (χ2n) is 4.26. The molecule has 0 bridgehead atoms. The van der Waals surface area contributed by atoms with Crippen molar-refractivity contribution in [3.63, 3.8) is 0 Å². The summed E-state index contributed by atoms with van der Waals surface area (Å²) in [4.78, 5) is 12.9. The summed E-state index contributed by atoms with van der Waals surface area (Å²) < 4.78 is 26.6. The van der Waals surface area contributed by atoms with Crippen LogP contribution in [-0.2, 0) is 13.0 Å². The Morgan fingerprint density at radius 1 is 1.35 bits per heavy atom. The normalized spacial score (nSPS) is 10.6. The summed E-state index contributed by atoms with van der Waals surface area (Å²) >= 11 is 1.53. The number of thiophene rings is 1. The highest BCUT2D eigenvalue weighted by Gasteiger charge is 2.15. The number of anilines is 1. The number of nitrogens with one attached hydrogen (secondary N) is 1. The molecular weight excluding hydrogens is 282 g/mol. The minimum absolute atomic E-state index is 0.248. The van der Waals surface area contributed by atoms with E-state index < -0.39 is 17.5 Å². The SMILES string of the molecule is CCc1ccsc1CNC(=O)c1cc(N)c(F)cc1F. The Morgan fingerprint density at radius 3 is 2.80 bits per heavy atom. The number of carbonyl (C=O) groups is 1. The van der Waals surface area contributed by atoms with Gasteiger partial charge in [0.1, 0.15) is 11.6 Å². The van der Waals surface area contributed by atoms with Crippen LogP contribution in [0.4, 0.5) is 14.5 Å². The quantitative estimate of drug-likeness (QED) is 0.852. The minimum atomic E-state index is -0.920. The lowest BCUT2D eigenvalue weighted by atomic mass is 10.1. The summed E-state index contributed by atoms with van der Waals surface area (Å²) in [5, 5.41) is 4.56. The molecular formula is C14H14F2N2OS. The molecule has 3 N–H and O–H groups in total. The molecule has 0 aliphatic rings. The van der Waals surface area contributed by atoms with Crippen LogP contribution in [0.5, 0.6) is 0 Å². The van der Waals surface area contributed by atoms with Gasteiger partial charge in [0.25, 0.3) is 5.91 Å². The maximum atomic E-state index is 13.5. The number of nitrogen functional groups attached to an aromatic ring is 1. The summed E-state index contributed by atoms with van der Waals surface area (Å²) in [6.07, 6.45) is 0.868. The van der Waals surface area contributed by atoms with Crippen LogP contribution in [-0.4, -0.2) is 5.91 Å². The van der Waals surface area contributed by atoms with Crippen molar-refractivity contribution in [1.82, 2.24) is 5.32 Å². The third-order valence-corrected chi connectivity index (χ3v) is 3.92.